The van der Waals surface area contributed by atoms with E-state index < -0.39 is 5.82 Å². The summed E-state index contributed by atoms with van der Waals surface area (Å²) in [6.45, 7) is 0. The van der Waals surface area contributed by atoms with E-state index in [2.05, 4.69) is 30.6 Å². The van der Waals surface area contributed by atoms with E-state index in [-0.39, 0.29) is 11.5 Å². The molecule has 2 aromatic carbocycles. The summed E-state index contributed by atoms with van der Waals surface area (Å²) < 4.78 is 14.1. The highest BCUT2D eigenvalue weighted by Gasteiger charge is 2.15. The van der Waals surface area contributed by atoms with Crippen molar-refractivity contribution in [1.29, 1.82) is 0 Å². The Hall–Kier alpha value is -3.68. The highest BCUT2D eigenvalue weighted by Crippen LogP contribution is 2.36. The molecule has 2 aromatic heterocycles. The van der Waals surface area contributed by atoms with Gasteiger partial charge in [-0.25, -0.2) is 4.39 Å². The van der Waals surface area contributed by atoms with Gasteiger partial charge < -0.3 is 5.73 Å². The van der Waals surface area contributed by atoms with Gasteiger partial charge in [-0.15, -0.1) is 10.2 Å². The summed E-state index contributed by atoms with van der Waals surface area (Å²) in [5.41, 5.74) is 7.45. The Bertz CT molecular complexity index is 1080. The highest BCUT2D eigenvalue weighted by molar-refractivity contribution is 5.91. The molecule has 8 heteroatoms. The van der Waals surface area contributed by atoms with E-state index in [0.717, 1.165) is 10.8 Å². The summed E-state index contributed by atoms with van der Waals surface area (Å²) in [4.78, 5) is 0. The third-order valence-corrected chi connectivity index (χ3v) is 3.74. The number of nitrogens with two attached hydrogens (primary N) is 1. The van der Waals surface area contributed by atoms with Gasteiger partial charge in [-0.1, -0.05) is 24.3 Å². The Balaban J connectivity index is 1.80. The van der Waals surface area contributed by atoms with Crippen LogP contribution in [-0.2, 0) is 0 Å². The van der Waals surface area contributed by atoms with Gasteiger partial charge in [0, 0.05) is 16.3 Å². The van der Waals surface area contributed by atoms with Gasteiger partial charge in [0.1, 0.15) is 5.82 Å². The van der Waals surface area contributed by atoms with Gasteiger partial charge in [0.25, 0.3) is 0 Å². The molecular formula is C17H12FN7. The summed E-state index contributed by atoms with van der Waals surface area (Å²) in [6, 6.07) is 11.9. The van der Waals surface area contributed by atoms with E-state index in [1.807, 2.05) is 12.1 Å². The second kappa shape index (κ2) is 6.08. The van der Waals surface area contributed by atoms with Gasteiger partial charge >= 0.3 is 0 Å². The number of nitrogens with one attached hydrogen (secondary N) is 1. The molecule has 0 fully saturated rings. The first kappa shape index (κ1) is 14.9. The molecule has 3 N–H and O–H groups in total. The molecule has 4 rings (SSSR count). The maximum absolute atomic E-state index is 14.1. The number of H-pyrrole nitrogens is 1. The van der Waals surface area contributed by atoms with E-state index in [4.69, 9.17) is 5.73 Å². The number of azo groups is 1. The summed E-state index contributed by atoms with van der Waals surface area (Å²) >= 11 is 0. The molecule has 0 aliphatic rings. The number of benzene rings is 2. The molecule has 7 nitrogen and oxygen atoms in total. The lowest BCUT2D eigenvalue weighted by atomic mass is 10.1. The summed E-state index contributed by atoms with van der Waals surface area (Å²) in [7, 11) is 0. The fourth-order valence-corrected chi connectivity index (χ4v) is 2.50. The second-order valence-corrected chi connectivity index (χ2v) is 5.28. The van der Waals surface area contributed by atoms with Crippen LogP contribution in [0.4, 0.5) is 21.6 Å². The number of halogens is 1. The number of rotatable bonds is 3. The molecule has 4 aromatic rings. The molecule has 2 heterocycles. The zero-order valence-electron chi connectivity index (χ0n) is 12.9. The van der Waals surface area contributed by atoms with Crippen LogP contribution in [0.25, 0.3) is 22.0 Å². The molecule has 0 aliphatic heterocycles. The van der Waals surface area contributed by atoms with Gasteiger partial charge in [0.15, 0.2) is 11.5 Å². The van der Waals surface area contributed by atoms with Crippen molar-refractivity contribution in [1.82, 2.24) is 20.4 Å². The lowest BCUT2D eigenvalue weighted by molar-refractivity contribution is 0.630. The van der Waals surface area contributed by atoms with E-state index in [0.29, 0.717) is 16.9 Å². The monoisotopic (exact) mass is 333 g/mol. The number of fused-ring (bicyclic) bond motifs is 1. The molecular weight excluding hydrogens is 321 g/mol. The van der Waals surface area contributed by atoms with Crippen molar-refractivity contribution in [3.8, 4) is 11.3 Å². The van der Waals surface area contributed by atoms with Crippen molar-refractivity contribution in [3.63, 3.8) is 0 Å². The normalized spacial score (nSPS) is 11.4. The Labute approximate surface area is 141 Å². The van der Waals surface area contributed by atoms with Gasteiger partial charge in [-0.2, -0.15) is 15.3 Å². The second-order valence-electron chi connectivity index (χ2n) is 5.28. The number of hydrogen-bond donors (Lipinski definition) is 2. The first-order valence-electron chi connectivity index (χ1n) is 7.44. The Morgan fingerprint density at radius 1 is 0.960 bits per heavy atom. The van der Waals surface area contributed by atoms with E-state index in [1.54, 1.807) is 36.7 Å². The SMILES string of the molecule is Nc1n[nH]c(-c2ccccc2F)c1N=Nc1cccc2cnncc12. The summed E-state index contributed by atoms with van der Waals surface area (Å²) in [6.07, 6.45) is 3.26. The lowest BCUT2D eigenvalue weighted by Crippen LogP contribution is -1.85. The fourth-order valence-electron chi connectivity index (χ4n) is 2.50. The number of hydrogen-bond acceptors (Lipinski definition) is 6. The third kappa shape index (κ3) is 2.69. The van der Waals surface area contributed by atoms with Crippen LogP contribution in [0.5, 0.6) is 0 Å². The van der Waals surface area contributed by atoms with Crippen molar-refractivity contribution in [2.24, 2.45) is 10.2 Å². The molecule has 0 unspecified atom stereocenters. The van der Waals surface area contributed by atoms with Gasteiger partial charge in [0.2, 0.25) is 0 Å². The van der Waals surface area contributed by atoms with Crippen molar-refractivity contribution < 1.29 is 4.39 Å². The fraction of sp³-hybridized carbons (Fsp3) is 0. The van der Waals surface area contributed by atoms with Crippen LogP contribution >= 0.6 is 0 Å². The molecule has 0 saturated carbocycles. The molecule has 0 aliphatic carbocycles. The maximum Gasteiger partial charge on any atom is 0.173 e. The predicted octanol–water partition coefficient (Wildman–Crippen LogP) is 4.16. The minimum atomic E-state index is -0.400. The molecule has 25 heavy (non-hydrogen) atoms. The Morgan fingerprint density at radius 3 is 2.68 bits per heavy atom. The number of nitrogens with zero attached hydrogens (tertiary/aromatic N) is 5. The average Bonchev–Trinajstić information content (AvgIpc) is 3.01. The number of anilines is 1. The van der Waals surface area contributed by atoms with Crippen LogP contribution in [0.15, 0.2) is 65.1 Å². The molecule has 0 saturated heterocycles. The van der Waals surface area contributed by atoms with Crippen LogP contribution in [0.1, 0.15) is 0 Å². The van der Waals surface area contributed by atoms with Crippen molar-refractivity contribution >= 4 is 28.0 Å². The molecule has 0 spiro atoms. The van der Waals surface area contributed by atoms with Crippen LogP contribution < -0.4 is 5.73 Å². The maximum atomic E-state index is 14.1. The third-order valence-electron chi connectivity index (χ3n) is 3.74. The highest BCUT2D eigenvalue weighted by atomic mass is 19.1. The predicted molar refractivity (Wildman–Crippen MR) is 92.1 cm³/mol. The number of nitrogen functional groups attached to an aromatic ring is 1. The average molecular weight is 333 g/mol. The lowest BCUT2D eigenvalue weighted by Gasteiger charge is -2.02. The summed E-state index contributed by atoms with van der Waals surface area (Å²) in [5, 5.41) is 24.5. The zero-order valence-corrected chi connectivity index (χ0v) is 12.9. The van der Waals surface area contributed by atoms with E-state index in [9.17, 15) is 4.39 Å². The molecule has 122 valence electrons. The molecule has 0 amide bonds. The standard InChI is InChI=1S/C17H12FN7/c18-13-6-2-1-5-11(13)15-16(17(19)25-23-15)24-22-14-7-3-4-10-8-20-21-9-12(10)14/h1-9H,(H3,19,23,25). The first-order valence-corrected chi connectivity index (χ1v) is 7.44. The zero-order chi connectivity index (χ0) is 17.2. The molecule has 0 bridgehead atoms. The van der Waals surface area contributed by atoms with Gasteiger partial charge in [-0.05, 0) is 18.2 Å². The first-order chi connectivity index (χ1) is 12.2. The molecule has 0 atom stereocenters. The van der Waals surface area contributed by atoms with Crippen LogP contribution in [0.3, 0.4) is 0 Å². The van der Waals surface area contributed by atoms with Crippen LogP contribution in [0, 0.1) is 5.82 Å². The number of aromatic amines is 1. The number of aromatic nitrogens is 4. The van der Waals surface area contributed by atoms with Gasteiger partial charge in [-0.3, -0.25) is 5.10 Å². The van der Waals surface area contributed by atoms with Crippen molar-refractivity contribution in [3.05, 3.63) is 60.7 Å². The van der Waals surface area contributed by atoms with Gasteiger partial charge in [0.05, 0.1) is 23.8 Å². The summed E-state index contributed by atoms with van der Waals surface area (Å²) in [5.74, 6) is -0.259. The quantitative estimate of drug-likeness (QED) is 0.549. The van der Waals surface area contributed by atoms with Crippen molar-refractivity contribution in [2.75, 3.05) is 5.73 Å². The Kier molecular flexibility index (Phi) is 3.62. The minimum absolute atomic E-state index is 0.141. The van der Waals surface area contributed by atoms with E-state index in [1.165, 1.54) is 6.07 Å². The van der Waals surface area contributed by atoms with Crippen LogP contribution in [0.2, 0.25) is 0 Å². The minimum Gasteiger partial charge on any atom is -0.380 e. The Morgan fingerprint density at radius 2 is 1.80 bits per heavy atom. The van der Waals surface area contributed by atoms with Crippen molar-refractivity contribution in [2.45, 2.75) is 0 Å². The van der Waals surface area contributed by atoms with Crippen LogP contribution in [-0.4, -0.2) is 20.4 Å². The topological polar surface area (TPSA) is 105 Å². The largest absolute Gasteiger partial charge is 0.380 e. The molecule has 0 radical (unpaired) electrons. The smallest absolute Gasteiger partial charge is 0.173 e. The van der Waals surface area contributed by atoms with E-state index >= 15 is 0 Å².